The molecule has 2 N–H and O–H groups in total. The summed E-state index contributed by atoms with van der Waals surface area (Å²) in [5.41, 5.74) is -1.33. The molecule has 0 aromatic heterocycles. The quantitative estimate of drug-likeness (QED) is 0.831. The van der Waals surface area contributed by atoms with Crippen molar-refractivity contribution >= 4 is 11.4 Å². The van der Waals surface area contributed by atoms with Gasteiger partial charge in [-0.1, -0.05) is 0 Å². The monoisotopic (exact) mass is 288 g/mol. The molecule has 0 atom stereocenters. The van der Waals surface area contributed by atoms with Gasteiger partial charge in [0.25, 0.3) is 0 Å². The molecule has 110 valence electrons. The van der Waals surface area contributed by atoms with Crippen molar-refractivity contribution in [3.63, 3.8) is 0 Å². The predicted octanol–water partition coefficient (Wildman–Crippen LogP) is 3.82. The van der Waals surface area contributed by atoms with E-state index in [9.17, 15) is 23.2 Å². The SMILES string of the molecule is O=Nc1ccc(NC2CCC(O)CC2)cc1C(F)(F)F. The van der Waals surface area contributed by atoms with Crippen molar-refractivity contribution < 1.29 is 18.3 Å². The highest BCUT2D eigenvalue weighted by Gasteiger charge is 2.34. The van der Waals surface area contributed by atoms with Crippen LogP contribution in [0.4, 0.5) is 24.5 Å². The van der Waals surface area contributed by atoms with Crippen molar-refractivity contribution in [2.45, 2.75) is 44.0 Å². The van der Waals surface area contributed by atoms with Gasteiger partial charge in [0.1, 0.15) is 5.69 Å². The summed E-state index contributed by atoms with van der Waals surface area (Å²) >= 11 is 0. The lowest BCUT2D eigenvalue weighted by molar-refractivity contribution is -0.137. The van der Waals surface area contributed by atoms with Crippen LogP contribution in [0.25, 0.3) is 0 Å². The Morgan fingerprint density at radius 1 is 1.20 bits per heavy atom. The van der Waals surface area contributed by atoms with E-state index in [4.69, 9.17) is 0 Å². The first-order chi connectivity index (χ1) is 9.40. The van der Waals surface area contributed by atoms with Crippen LogP contribution in [0.2, 0.25) is 0 Å². The first-order valence-electron chi connectivity index (χ1n) is 6.39. The average molecular weight is 288 g/mol. The van der Waals surface area contributed by atoms with Gasteiger partial charge in [0.2, 0.25) is 0 Å². The molecular formula is C13H15F3N2O2. The molecule has 7 heteroatoms. The number of nitroso groups, excluding NO2 is 1. The minimum atomic E-state index is -4.61. The summed E-state index contributed by atoms with van der Waals surface area (Å²) in [7, 11) is 0. The summed E-state index contributed by atoms with van der Waals surface area (Å²) in [5.74, 6) is 0. The highest BCUT2D eigenvalue weighted by molar-refractivity contribution is 5.58. The summed E-state index contributed by atoms with van der Waals surface area (Å²) in [6.45, 7) is 0. The first-order valence-corrected chi connectivity index (χ1v) is 6.39. The maximum Gasteiger partial charge on any atom is 0.418 e. The molecule has 1 aromatic rings. The molecule has 1 aliphatic carbocycles. The third kappa shape index (κ3) is 3.47. The number of nitrogens with one attached hydrogen (secondary N) is 1. The molecule has 0 amide bonds. The third-order valence-electron chi connectivity index (χ3n) is 3.47. The van der Waals surface area contributed by atoms with Crippen molar-refractivity contribution in [3.05, 3.63) is 28.7 Å². The van der Waals surface area contributed by atoms with Crippen LogP contribution >= 0.6 is 0 Å². The topological polar surface area (TPSA) is 61.7 Å². The maximum absolute atomic E-state index is 12.8. The molecule has 0 bridgehead atoms. The van der Waals surface area contributed by atoms with Crippen LogP contribution in [0, 0.1) is 4.91 Å². The molecule has 1 fully saturated rings. The lowest BCUT2D eigenvalue weighted by Crippen LogP contribution is -2.28. The van der Waals surface area contributed by atoms with Crippen LogP contribution in [-0.4, -0.2) is 17.3 Å². The maximum atomic E-state index is 12.8. The van der Waals surface area contributed by atoms with Crippen LogP contribution in [-0.2, 0) is 6.18 Å². The van der Waals surface area contributed by atoms with Crippen LogP contribution in [0.15, 0.2) is 23.4 Å². The second kappa shape index (κ2) is 5.78. The Hall–Kier alpha value is -1.63. The van der Waals surface area contributed by atoms with E-state index in [0.717, 1.165) is 12.1 Å². The van der Waals surface area contributed by atoms with E-state index in [-0.39, 0.29) is 12.1 Å². The van der Waals surface area contributed by atoms with E-state index in [1.165, 1.54) is 6.07 Å². The van der Waals surface area contributed by atoms with Gasteiger partial charge in [-0.3, -0.25) is 0 Å². The molecule has 1 saturated carbocycles. The Kier molecular flexibility index (Phi) is 4.27. The summed E-state index contributed by atoms with van der Waals surface area (Å²) in [6.07, 6.45) is -2.24. The number of benzene rings is 1. The molecule has 0 unspecified atom stereocenters. The number of alkyl halides is 3. The number of aliphatic hydroxyl groups is 1. The molecule has 20 heavy (non-hydrogen) atoms. The molecule has 0 spiro atoms. The van der Waals surface area contributed by atoms with Gasteiger partial charge in [-0.25, -0.2) is 0 Å². The van der Waals surface area contributed by atoms with Crippen molar-refractivity contribution in [1.29, 1.82) is 0 Å². The van der Waals surface area contributed by atoms with E-state index in [1.54, 1.807) is 0 Å². The van der Waals surface area contributed by atoms with Crippen molar-refractivity contribution in [3.8, 4) is 0 Å². The Balaban J connectivity index is 2.15. The van der Waals surface area contributed by atoms with Gasteiger partial charge in [-0.2, -0.15) is 13.2 Å². The lowest BCUT2D eigenvalue weighted by Gasteiger charge is -2.27. The third-order valence-corrected chi connectivity index (χ3v) is 3.47. The highest BCUT2D eigenvalue weighted by Crippen LogP contribution is 2.38. The van der Waals surface area contributed by atoms with Crippen LogP contribution in [0.1, 0.15) is 31.2 Å². The summed E-state index contributed by atoms with van der Waals surface area (Å²) in [4.78, 5) is 10.4. The molecule has 1 aliphatic rings. The van der Waals surface area contributed by atoms with E-state index < -0.39 is 17.4 Å². The minimum Gasteiger partial charge on any atom is -0.393 e. The van der Waals surface area contributed by atoms with Crippen LogP contribution < -0.4 is 5.32 Å². The van der Waals surface area contributed by atoms with Gasteiger partial charge in [0, 0.05) is 11.7 Å². The Labute approximate surface area is 114 Å². The molecule has 0 saturated heterocycles. The largest absolute Gasteiger partial charge is 0.418 e. The van der Waals surface area contributed by atoms with Crippen molar-refractivity contribution in [2.75, 3.05) is 5.32 Å². The summed E-state index contributed by atoms with van der Waals surface area (Å²) in [6, 6.07) is 3.42. The smallest absolute Gasteiger partial charge is 0.393 e. The Morgan fingerprint density at radius 2 is 1.85 bits per heavy atom. The van der Waals surface area contributed by atoms with E-state index >= 15 is 0 Å². The predicted molar refractivity (Wildman–Crippen MR) is 68.8 cm³/mol. The summed E-state index contributed by atoms with van der Waals surface area (Å²) in [5, 5.41) is 14.8. The number of nitrogens with zero attached hydrogens (tertiary/aromatic N) is 1. The summed E-state index contributed by atoms with van der Waals surface area (Å²) < 4.78 is 38.4. The molecule has 1 aromatic carbocycles. The number of anilines is 1. The minimum absolute atomic E-state index is 0.0366. The Morgan fingerprint density at radius 3 is 2.40 bits per heavy atom. The second-order valence-corrected chi connectivity index (χ2v) is 4.97. The molecule has 0 heterocycles. The number of aliphatic hydroxyl groups excluding tert-OH is 1. The van der Waals surface area contributed by atoms with Gasteiger partial charge in [-0.15, -0.1) is 4.91 Å². The van der Waals surface area contributed by atoms with Crippen molar-refractivity contribution in [2.24, 2.45) is 5.18 Å². The number of halogens is 3. The zero-order valence-electron chi connectivity index (χ0n) is 10.7. The van der Waals surface area contributed by atoms with Crippen LogP contribution in [0.5, 0.6) is 0 Å². The van der Waals surface area contributed by atoms with Gasteiger partial charge < -0.3 is 10.4 Å². The Bertz CT molecular complexity index is 483. The molecule has 2 rings (SSSR count). The normalized spacial score (nSPS) is 23.4. The lowest BCUT2D eigenvalue weighted by atomic mass is 9.93. The zero-order valence-corrected chi connectivity index (χ0v) is 10.7. The average Bonchev–Trinajstić information content (AvgIpc) is 2.40. The number of rotatable bonds is 3. The standard InChI is InChI=1S/C13H15F3N2O2/c14-13(15,16)11-7-9(3-6-12(11)18-20)17-8-1-4-10(19)5-2-8/h3,6-8,10,17,19H,1-2,4-5H2. The van der Waals surface area contributed by atoms with E-state index in [0.29, 0.717) is 31.4 Å². The van der Waals surface area contributed by atoms with Gasteiger partial charge in [0.15, 0.2) is 0 Å². The molecular weight excluding hydrogens is 273 g/mol. The fourth-order valence-electron chi connectivity index (χ4n) is 2.39. The number of hydrogen-bond donors (Lipinski definition) is 2. The van der Waals surface area contributed by atoms with Crippen molar-refractivity contribution in [1.82, 2.24) is 0 Å². The second-order valence-electron chi connectivity index (χ2n) is 4.97. The van der Waals surface area contributed by atoms with E-state index in [1.807, 2.05) is 0 Å². The molecule has 4 nitrogen and oxygen atoms in total. The van der Waals surface area contributed by atoms with E-state index in [2.05, 4.69) is 10.5 Å². The zero-order chi connectivity index (χ0) is 14.8. The fourth-order valence-corrected chi connectivity index (χ4v) is 2.39. The van der Waals surface area contributed by atoms with Crippen LogP contribution in [0.3, 0.4) is 0 Å². The van der Waals surface area contributed by atoms with Gasteiger partial charge in [-0.05, 0) is 49.1 Å². The first kappa shape index (κ1) is 14.8. The number of hydrogen-bond acceptors (Lipinski definition) is 4. The van der Waals surface area contributed by atoms with Gasteiger partial charge >= 0.3 is 6.18 Å². The molecule has 0 aliphatic heterocycles. The highest BCUT2D eigenvalue weighted by atomic mass is 19.4. The van der Waals surface area contributed by atoms with Gasteiger partial charge in [0.05, 0.1) is 11.7 Å². The molecule has 0 radical (unpaired) electrons. The fraction of sp³-hybridized carbons (Fsp3) is 0.538.